The van der Waals surface area contributed by atoms with E-state index in [-0.39, 0.29) is 0 Å². The average Bonchev–Trinajstić information content (AvgIpc) is 2.68. The van der Waals surface area contributed by atoms with Gasteiger partial charge in [0.15, 0.2) is 5.82 Å². The molecule has 1 unspecified atom stereocenters. The number of aromatic nitrogens is 1. The molecule has 0 saturated carbocycles. The molecule has 0 fully saturated rings. The van der Waals surface area contributed by atoms with Gasteiger partial charge in [-0.2, -0.15) is 9.64 Å². The highest BCUT2D eigenvalue weighted by molar-refractivity contribution is 7.10. The van der Waals surface area contributed by atoms with Crippen LogP contribution in [0.2, 0.25) is 0 Å². The van der Waals surface area contributed by atoms with E-state index in [2.05, 4.69) is 41.6 Å². The van der Waals surface area contributed by atoms with E-state index in [0.717, 1.165) is 24.5 Å². The lowest BCUT2D eigenvalue weighted by Gasteiger charge is -2.23. The van der Waals surface area contributed by atoms with Gasteiger partial charge in [-0.1, -0.05) is 6.92 Å². The first kappa shape index (κ1) is 13.7. The Bertz CT molecular complexity index is 395. The lowest BCUT2D eigenvalue weighted by molar-refractivity contribution is 0.261. The van der Waals surface area contributed by atoms with Crippen molar-refractivity contribution in [2.75, 3.05) is 31.2 Å². The third-order valence-corrected chi connectivity index (χ3v) is 3.74. The van der Waals surface area contributed by atoms with Crippen molar-refractivity contribution in [2.24, 2.45) is 0 Å². The Labute approximate surface area is 106 Å². The molecule has 6 heteroatoms. The van der Waals surface area contributed by atoms with E-state index in [4.69, 9.17) is 11.0 Å². The van der Waals surface area contributed by atoms with Gasteiger partial charge in [0.25, 0.3) is 0 Å². The summed E-state index contributed by atoms with van der Waals surface area (Å²) in [6.07, 6.45) is 1.13. The van der Waals surface area contributed by atoms with Gasteiger partial charge in [-0.3, -0.25) is 0 Å². The van der Waals surface area contributed by atoms with Crippen LogP contribution in [0.5, 0.6) is 0 Å². The first-order valence-electron chi connectivity index (χ1n) is 5.69. The number of nitrogens with two attached hydrogens (primary N) is 1. The molecule has 0 saturated heterocycles. The van der Waals surface area contributed by atoms with Gasteiger partial charge in [-0.15, -0.1) is 0 Å². The van der Waals surface area contributed by atoms with E-state index in [0.29, 0.717) is 17.4 Å². The zero-order chi connectivity index (χ0) is 12.8. The fourth-order valence-corrected chi connectivity index (χ4v) is 2.10. The second-order valence-electron chi connectivity index (χ2n) is 4.05. The summed E-state index contributed by atoms with van der Waals surface area (Å²) in [6, 6.07) is 2.63. The first-order valence-corrected chi connectivity index (χ1v) is 6.46. The van der Waals surface area contributed by atoms with E-state index in [1.807, 2.05) is 0 Å². The van der Waals surface area contributed by atoms with Gasteiger partial charge in [0, 0.05) is 19.1 Å². The quantitative estimate of drug-likeness (QED) is 0.807. The summed E-state index contributed by atoms with van der Waals surface area (Å²) in [5, 5.41) is 12.9. The first-order chi connectivity index (χ1) is 8.10. The number of nitrogens with one attached hydrogen (secondary N) is 1. The average molecular weight is 253 g/mol. The van der Waals surface area contributed by atoms with Gasteiger partial charge in [-0.05, 0) is 31.9 Å². The summed E-state index contributed by atoms with van der Waals surface area (Å²) in [6.45, 7) is 6.09. The maximum atomic E-state index is 8.91. The molecule has 1 aromatic rings. The highest BCUT2D eigenvalue weighted by Crippen LogP contribution is 2.25. The molecule has 0 aliphatic heterocycles. The summed E-state index contributed by atoms with van der Waals surface area (Å²) in [4.78, 5) is 2.28. The molecule has 94 valence electrons. The van der Waals surface area contributed by atoms with Crippen LogP contribution >= 0.6 is 11.5 Å². The van der Waals surface area contributed by atoms with E-state index < -0.39 is 0 Å². The van der Waals surface area contributed by atoms with Crippen LogP contribution < -0.4 is 11.1 Å². The number of nitrogen functional groups attached to an aromatic ring is 1. The van der Waals surface area contributed by atoms with Crippen molar-refractivity contribution in [1.82, 2.24) is 9.27 Å². The van der Waals surface area contributed by atoms with Crippen LogP contribution in [0.4, 0.5) is 10.8 Å². The Kier molecular flexibility index (Phi) is 5.19. The number of anilines is 2. The van der Waals surface area contributed by atoms with Crippen LogP contribution in [0.25, 0.3) is 0 Å². The maximum absolute atomic E-state index is 8.91. The SMILES string of the molecule is CCC(C)N(C)CCNc1snc(N)c1C#N. The molecule has 0 bridgehead atoms. The summed E-state index contributed by atoms with van der Waals surface area (Å²) >= 11 is 1.24. The molecule has 1 atom stereocenters. The maximum Gasteiger partial charge on any atom is 0.157 e. The Hall–Kier alpha value is -1.32. The minimum Gasteiger partial charge on any atom is -0.382 e. The smallest absolute Gasteiger partial charge is 0.157 e. The van der Waals surface area contributed by atoms with Crippen LogP contribution in [0.15, 0.2) is 0 Å². The molecule has 0 aliphatic carbocycles. The minimum atomic E-state index is 0.315. The highest BCUT2D eigenvalue weighted by atomic mass is 32.1. The molecule has 0 amide bonds. The molecule has 3 N–H and O–H groups in total. The Morgan fingerprint density at radius 1 is 1.65 bits per heavy atom. The lowest BCUT2D eigenvalue weighted by Crippen LogP contribution is -2.32. The lowest BCUT2D eigenvalue weighted by atomic mass is 10.2. The van der Waals surface area contributed by atoms with Crippen molar-refractivity contribution >= 4 is 22.4 Å². The van der Waals surface area contributed by atoms with Crippen molar-refractivity contribution < 1.29 is 0 Å². The summed E-state index contributed by atoms with van der Waals surface area (Å²) < 4.78 is 3.96. The van der Waals surface area contributed by atoms with Gasteiger partial charge < -0.3 is 16.0 Å². The number of likely N-dealkylation sites (N-methyl/N-ethyl adjacent to an activating group) is 1. The van der Waals surface area contributed by atoms with Crippen LogP contribution in [0.3, 0.4) is 0 Å². The molecule has 0 aromatic carbocycles. The van der Waals surface area contributed by atoms with E-state index in [9.17, 15) is 0 Å². The third kappa shape index (κ3) is 3.58. The Morgan fingerprint density at radius 2 is 2.35 bits per heavy atom. The van der Waals surface area contributed by atoms with Gasteiger partial charge in [-0.25, -0.2) is 0 Å². The minimum absolute atomic E-state index is 0.315. The summed E-state index contributed by atoms with van der Waals surface area (Å²) in [5.41, 5.74) is 6.04. The molecule has 1 aromatic heterocycles. The van der Waals surface area contributed by atoms with Gasteiger partial charge in [0.05, 0.1) is 0 Å². The second-order valence-corrected chi connectivity index (χ2v) is 4.82. The molecule has 17 heavy (non-hydrogen) atoms. The Morgan fingerprint density at radius 3 is 2.94 bits per heavy atom. The number of rotatable bonds is 6. The molecule has 1 heterocycles. The van der Waals surface area contributed by atoms with Gasteiger partial charge in [0.2, 0.25) is 0 Å². The van der Waals surface area contributed by atoms with Crippen LogP contribution in [-0.2, 0) is 0 Å². The number of nitrogens with zero attached hydrogens (tertiary/aromatic N) is 3. The second kappa shape index (κ2) is 6.42. The Balaban J connectivity index is 2.44. The molecule has 0 radical (unpaired) electrons. The zero-order valence-corrected chi connectivity index (χ0v) is 11.3. The topological polar surface area (TPSA) is 78.0 Å². The molecule has 5 nitrogen and oxygen atoms in total. The molecular weight excluding hydrogens is 234 g/mol. The zero-order valence-electron chi connectivity index (χ0n) is 10.5. The monoisotopic (exact) mass is 253 g/mol. The van der Waals surface area contributed by atoms with E-state index in [1.165, 1.54) is 11.5 Å². The normalized spacial score (nSPS) is 12.4. The number of hydrogen-bond donors (Lipinski definition) is 2. The largest absolute Gasteiger partial charge is 0.382 e. The molecule has 1 rings (SSSR count). The van der Waals surface area contributed by atoms with Crippen molar-refractivity contribution in [3.05, 3.63) is 5.56 Å². The third-order valence-electron chi connectivity index (χ3n) is 2.92. The summed E-state index contributed by atoms with van der Waals surface area (Å²) in [5.74, 6) is 0.315. The summed E-state index contributed by atoms with van der Waals surface area (Å²) in [7, 11) is 2.10. The van der Waals surface area contributed by atoms with Crippen molar-refractivity contribution in [1.29, 1.82) is 5.26 Å². The molecule has 0 spiro atoms. The van der Waals surface area contributed by atoms with E-state index in [1.54, 1.807) is 0 Å². The predicted molar refractivity (Wildman–Crippen MR) is 72.1 cm³/mol. The predicted octanol–water partition coefficient (Wildman–Crippen LogP) is 1.74. The van der Waals surface area contributed by atoms with Gasteiger partial charge in [0.1, 0.15) is 16.6 Å². The molecular formula is C11H19N5S. The number of hydrogen-bond acceptors (Lipinski definition) is 6. The highest BCUT2D eigenvalue weighted by Gasteiger charge is 2.11. The fraction of sp³-hybridized carbons (Fsp3) is 0.636. The van der Waals surface area contributed by atoms with Crippen LogP contribution in [-0.4, -0.2) is 35.5 Å². The number of nitriles is 1. The van der Waals surface area contributed by atoms with Crippen molar-refractivity contribution in [2.45, 2.75) is 26.3 Å². The van der Waals surface area contributed by atoms with E-state index >= 15 is 0 Å². The standard InChI is InChI=1S/C11H19N5S/c1-4-8(2)16(3)6-5-14-11-9(7-12)10(13)15-17-11/h8,14H,4-6H2,1-3H3,(H2,13,15). The van der Waals surface area contributed by atoms with Crippen LogP contribution in [0.1, 0.15) is 25.8 Å². The van der Waals surface area contributed by atoms with Crippen LogP contribution in [0, 0.1) is 11.3 Å². The van der Waals surface area contributed by atoms with Gasteiger partial charge >= 0.3 is 0 Å². The van der Waals surface area contributed by atoms with Crippen molar-refractivity contribution in [3.63, 3.8) is 0 Å². The fourth-order valence-electron chi connectivity index (χ4n) is 1.41. The van der Waals surface area contributed by atoms with Crippen molar-refractivity contribution in [3.8, 4) is 6.07 Å². The molecule has 0 aliphatic rings.